The molecular formula is C54H100NO9P. The number of carboxylic acid groups (broad SMARTS) is 1. The van der Waals surface area contributed by atoms with Gasteiger partial charge in [0.2, 0.25) is 0 Å². The predicted octanol–water partition coefficient (Wildman–Crippen LogP) is 15.8. The fraction of sp³-hybridized carbons (Fsp3) is 0.815. The third kappa shape index (κ3) is 49.7. The maximum absolute atomic E-state index is 12.7. The lowest BCUT2D eigenvalue weighted by atomic mass is 10.0. The number of carbonyl (C=O) groups is 2. The fourth-order valence-electron chi connectivity index (χ4n) is 7.43. The first kappa shape index (κ1) is 62.9. The van der Waals surface area contributed by atoms with Gasteiger partial charge in [0.1, 0.15) is 12.1 Å². The number of hydrogen-bond acceptors (Lipinski definition) is 8. The summed E-state index contributed by atoms with van der Waals surface area (Å²) in [6, 6.07) is -1.48. The molecule has 0 saturated heterocycles. The second-order valence-electron chi connectivity index (χ2n) is 18.0. The molecule has 380 valence electrons. The second kappa shape index (κ2) is 49.8. The number of hydrogen-bond donors (Lipinski definition) is 3. The standard InChI is InChI=1S/C54H100NO9P/c1-3-5-7-9-11-13-15-17-19-21-23-25-26-27-28-30-32-34-36-38-40-42-44-46-53(56)64-51(49-62-65(59,60)63-50-52(55)54(57)58)48-61-47-45-43-41-39-37-35-33-31-29-24-22-20-18-16-14-12-10-8-6-4-2/h12,14-15,17-18,20-21,23,51-52H,3-11,13,16,19,22,24-50,55H2,1-2H3,(H,57,58)(H,59,60)/b14-12-,17-15-,20-18-,23-21-. The molecule has 0 heterocycles. The van der Waals surface area contributed by atoms with Gasteiger partial charge in [0.25, 0.3) is 0 Å². The lowest BCUT2D eigenvalue weighted by Gasteiger charge is -2.20. The average molecular weight is 938 g/mol. The van der Waals surface area contributed by atoms with Crippen LogP contribution in [0.15, 0.2) is 48.6 Å². The molecule has 0 amide bonds. The second-order valence-corrected chi connectivity index (χ2v) is 19.5. The van der Waals surface area contributed by atoms with Crippen molar-refractivity contribution < 1.29 is 42.7 Å². The minimum Gasteiger partial charge on any atom is -0.480 e. The van der Waals surface area contributed by atoms with Crippen LogP contribution in [-0.2, 0) is 32.7 Å². The molecule has 0 aliphatic heterocycles. The molecule has 0 aromatic heterocycles. The SMILES string of the molecule is CCCCC/C=C\C/C=C\CCCCCCCCCCCCOCC(COP(=O)(O)OCC(N)C(=O)O)OC(=O)CCCCCCCCCCCCC/C=C\C/C=C\CCCCCCC. The topological polar surface area (TPSA) is 155 Å². The van der Waals surface area contributed by atoms with Gasteiger partial charge in [-0.3, -0.25) is 18.6 Å². The minimum absolute atomic E-state index is 0.0145. The molecule has 0 radical (unpaired) electrons. The van der Waals surface area contributed by atoms with Crippen LogP contribution >= 0.6 is 7.82 Å². The monoisotopic (exact) mass is 938 g/mol. The highest BCUT2D eigenvalue weighted by Crippen LogP contribution is 2.43. The van der Waals surface area contributed by atoms with Gasteiger partial charge in [-0.05, 0) is 77.0 Å². The third-order valence-corrected chi connectivity index (χ3v) is 12.5. The quantitative estimate of drug-likeness (QED) is 0.0232. The van der Waals surface area contributed by atoms with Crippen molar-refractivity contribution in [1.29, 1.82) is 0 Å². The summed E-state index contributed by atoms with van der Waals surface area (Å²) in [6.07, 6.45) is 60.2. The first-order valence-corrected chi connectivity index (χ1v) is 28.2. The number of aliphatic carboxylic acids is 1. The molecule has 3 unspecified atom stereocenters. The molecular weight excluding hydrogens is 838 g/mol. The van der Waals surface area contributed by atoms with Crippen molar-refractivity contribution in [2.75, 3.05) is 26.4 Å². The van der Waals surface area contributed by atoms with E-state index < -0.39 is 45.1 Å². The summed E-state index contributed by atoms with van der Waals surface area (Å²) in [4.78, 5) is 33.7. The van der Waals surface area contributed by atoms with Crippen molar-refractivity contribution in [3.8, 4) is 0 Å². The number of carboxylic acids is 1. The summed E-state index contributed by atoms with van der Waals surface area (Å²) >= 11 is 0. The van der Waals surface area contributed by atoms with Crippen LogP contribution in [0.5, 0.6) is 0 Å². The number of unbranched alkanes of at least 4 members (excludes halogenated alkanes) is 29. The van der Waals surface area contributed by atoms with Gasteiger partial charge in [-0.15, -0.1) is 0 Å². The average Bonchev–Trinajstić information content (AvgIpc) is 3.29. The molecule has 65 heavy (non-hydrogen) atoms. The largest absolute Gasteiger partial charge is 0.480 e. The van der Waals surface area contributed by atoms with E-state index in [2.05, 4.69) is 62.5 Å². The van der Waals surface area contributed by atoms with Gasteiger partial charge in [-0.1, -0.05) is 210 Å². The van der Waals surface area contributed by atoms with Gasteiger partial charge in [-0.2, -0.15) is 0 Å². The van der Waals surface area contributed by atoms with Crippen LogP contribution in [0.25, 0.3) is 0 Å². The first-order chi connectivity index (χ1) is 31.7. The molecule has 0 fully saturated rings. The Morgan fingerprint density at radius 1 is 0.492 bits per heavy atom. The number of phosphoric acid groups is 1. The lowest BCUT2D eigenvalue weighted by Crippen LogP contribution is -2.34. The van der Waals surface area contributed by atoms with E-state index >= 15 is 0 Å². The molecule has 11 heteroatoms. The Morgan fingerprint density at radius 3 is 1.28 bits per heavy atom. The van der Waals surface area contributed by atoms with Gasteiger partial charge < -0.3 is 25.2 Å². The number of rotatable bonds is 51. The van der Waals surface area contributed by atoms with E-state index in [-0.39, 0.29) is 13.0 Å². The molecule has 0 aromatic rings. The molecule has 0 bridgehead atoms. The Kier molecular flexibility index (Phi) is 48.2. The Balaban J connectivity index is 4.12. The molecule has 0 aliphatic rings. The van der Waals surface area contributed by atoms with Crippen LogP contribution in [0.3, 0.4) is 0 Å². The van der Waals surface area contributed by atoms with Crippen molar-refractivity contribution in [1.82, 2.24) is 0 Å². The zero-order chi connectivity index (χ0) is 47.6. The molecule has 0 rings (SSSR count). The van der Waals surface area contributed by atoms with Crippen LogP contribution in [-0.4, -0.2) is 60.5 Å². The molecule has 0 aromatic carbocycles. The highest BCUT2D eigenvalue weighted by Gasteiger charge is 2.27. The zero-order valence-corrected chi connectivity index (χ0v) is 42.7. The highest BCUT2D eigenvalue weighted by molar-refractivity contribution is 7.47. The molecule has 4 N–H and O–H groups in total. The van der Waals surface area contributed by atoms with Crippen molar-refractivity contribution in [3.05, 3.63) is 48.6 Å². The van der Waals surface area contributed by atoms with Gasteiger partial charge in [0.15, 0.2) is 0 Å². The highest BCUT2D eigenvalue weighted by atomic mass is 31.2. The smallest absolute Gasteiger partial charge is 0.472 e. The van der Waals surface area contributed by atoms with Crippen LogP contribution in [0, 0.1) is 0 Å². The van der Waals surface area contributed by atoms with Gasteiger partial charge >= 0.3 is 19.8 Å². The molecule has 0 saturated carbocycles. The zero-order valence-electron chi connectivity index (χ0n) is 41.8. The van der Waals surface area contributed by atoms with Crippen molar-refractivity contribution in [2.24, 2.45) is 5.73 Å². The van der Waals surface area contributed by atoms with Crippen LogP contribution in [0.2, 0.25) is 0 Å². The summed E-state index contributed by atoms with van der Waals surface area (Å²) in [5.74, 6) is -1.78. The minimum atomic E-state index is -4.63. The van der Waals surface area contributed by atoms with Gasteiger partial charge in [-0.25, -0.2) is 4.57 Å². The van der Waals surface area contributed by atoms with Crippen molar-refractivity contribution >= 4 is 19.8 Å². The maximum Gasteiger partial charge on any atom is 0.472 e. The van der Waals surface area contributed by atoms with E-state index in [0.717, 1.165) is 51.4 Å². The Morgan fingerprint density at radius 2 is 0.846 bits per heavy atom. The number of ether oxygens (including phenoxy) is 2. The van der Waals surface area contributed by atoms with Gasteiger partial charge in [0, 0.05) is 13.0 Å². The molecule has 10 nitrogen and oxygen atoms in total. The van der Waals surface area contributed by atoms with E-state index in [1.807, 2.05) is 0 Å². The van der Waals surface area contributed by atoms with Crippen molar-refractivity contribution in [2.45, 2.75) is 257 Å². The van der Waals surface area contributed by atoms with Gasteiger partial charge in [0.05, 0.1) is 19.8 Å². The Labute approximate surface area is 399 Å². The summed E-state index contributed by atoms with van der Waals surface area (Å²) < 4.78 is 33.5. The number of esters is 1. The molecule has 0 spiro atoms. The van der Waals surface area contributed by atoms with E-state index in [0.29, 0.717) is 13.0 Å². The third-order valence-electron chi connectivity index (χ3n) is 11.6. The van der Waals surface area contributed by atoms with Crippen LogP contribution < -0.4 is 5.73 Å². The Hall–Kier alpha value is -2.07. The molecule has 3 atom stereocenters. The van der Waals surface area contributed by atoms with Crippen LogP contribution in [0.4, 0.5) is 0 Å². The fourth-order valence-corrected chi connectivity index (χ4v) is 8.21. The van der Waals surface area contributed by atoms with E-state index in [4.69, 9.17) is 29.4 Å². The number of phosphoric ester groups is 1. The Bertz CT molecular complexity index is 1220. The first-order valence-electron chi connectivity index (χ1n) is 26.7. The number of allylic oxidation sites excluding steroid dienone is 8. The van der Waals surface area contributed by atoms with E-state index in [1.54, 1.807) is 0 Å². The summed E-state index contributed by atoms with van der Waals surface area (Å²) in [5, 5.41) is 8.94. The van der Waals surface area contributed by atoms with E-state index in [1.165, 1.54) is 167 Å². The predicted molar refractivity (Wildman–Crippen MR) is 272 cm³/mol. The van der Waals surface area contributed by atoms with Crippen molar-refractivity contribution in [3.63, 3.8) is 0 Å². The van der Waals surface area contributed by atoms with E-state index in [9.17, 15) is 19.0 Å². The summed E-state index contributed by atoms with van der Waals surface area (Å²) in [5.41, 5.74) is 5.38. The summed E-state index contributed by atoms with van der Waals surface area (Å²) in [6.45, 7) is 3.87. The summed E-state index contributed by atoms with van der Waals surface area (Å²) in [7, 11) is -4.63. The van der Waals surface area contributed by atoms with Crippen LogP contribution in [0.1, 0.15) is 245 Å². The lowest BCUT2D eigenvalue weighted by molar-refractivity contribution is -0.154. The number of carbonyl (C=O) groups excluding carboxylic acids is 1. The number of nitrogens with two attached hydrogens (primary N) is 1. The maximum atomic E-state index is 12.7. The molecule has 0 aliphatic carbocycles. The normalized spacial score (nSPS) is 14.0.